The molecule has 2 rings (SSSR count). The molecule has 5 nitrogen and oxygen atoms in total. The van der Waals surface area contributed by atoms with Crippen molar-refractivity contribution < 1.29 is 9.59 Å². The SMILES string of the molecule is Cc1cc(Br)cc2c1N(C(=O)CN)CCC(=O)N2. The first-order valence-corrected chi connectivity index (χ1v) is 6.42. The fourth-order valence-corrected chi connectivity index (χ4v) is 2.66. The molecule has 1 aromatic carbocycles. The highest BCUT2D eigenvalue weighted by molar-refractivity contribution is 9.10. The van der Waals surface area contributed by atoms with Crippen LogP contribution in [0.1, 0.15) is 12.0 Å². The first kappa shape index (κ1) is 13.0. The van der Waals surface area contributed by atoms with Crippen LogP contribution in [0.2, 0.25) is 0 Å². The molecule has 3 N–H and O–H groups in total. The van der Waals surface area contributed by atoms with Gasteiger partial charge >= 0.3 is 0 Å². The van der Waals surface area contributed by atoms with Crippen molar-refractivity contribution in [1.82, 2.24) is 0 Å². The number of fused-ring (bicyclic) bond motifs is 1. The molecule has 1 aliphatic rings. The number of hydrogen-bond donors (Lipinski definition) is 2. The molecule has 2 amide bonds. The number of nitrogens with two attached hydrogens (primary N) is 1. The van der Waals surface area contributed by atoms with Crippen LogP contribution in [0, 0.1) is 6.92 Å². The monoisotopic (exact) mass is 311 g/mol. The number of anilines is 2. The van der Waals surface area contributed by atoms with Gasteiger partial charge in [0, 0.05) is 17.4 Å². The number of nitrogens with one attached hydrogen (secondary N) is 1. The minimum atomic E-state index is -0.182. The van der Waals surface area contributed by atoms with E-state index in [-0.39, 0.29) is 24.8 Å². The second-order valence-electron chi connectivity index (χ2n) is 4.17. The summed E-state index contributed by atoms with van der Waals surface area (Å²) in [5.74, 6) is -0.278. The van der Waals surface area contributed by atoms with Gasteiger partial charge in [-0.15, -0.1) is 0 Å². The van der Waals surface area contributed by atoms with Crippen LogP contribution in [0.4, 0.5) is 11.4 Å². The van der Waals surface area contributed by atoms with E-state index in [0.29, 0.717) is 12.2 Å². The largest absolute Gasteiger partial charge is 0.324 e. The third kappa shape index (κ3) is 2.39. The Morgan fingerprint density at radius 3 is 2.94 bits per heavy atom. The van der Waals surface area contributed by atoms with E-state index >= 15 is 0 Å². The van der Waals surface area contributed by atoms with Gasteiger partial charge in [0.15, 0.2) is 0 Å². The normalized spacial score (nSPS) is 14.8. The van der Waals surface area contributed by atoms with Crippen LogP contribution in [0.15, 0.2) is 16.6 Å². The molecular formula is C12H14BrN3O2. The Balaban J connectivity index is 2.56. The van der Waals surface area contributed by atoms with Crippen molar-refractivity contribution in [2.45, 2.75) is 13.3 Å². The van der Waals surface area contributed by atoms with Gasteiger partial charge in [-0.3, -0.25) is 9.59 Å². The van der Waals surface area contributed by atoms with Crippen LogP contribution in [0.3, 0.4) is 0 Å². The lowest BCUT2D eigenvalue weighted by Crippen LogP contribution is -2.37. The number of halogens is 1. The lowest BCUT2D eigenvalue weighted by atomic mass is 10.1. The van der Waals surface area contributed by atoms with Crippen LogP contribution < -0.4 is 16.0 Å². The summed E-state index contributed by atoms with van der Waals surface area (Å²) >= 11 is 3.38. The summed E-state index contributed by atoms with van der Waals surface area (Å²) < 4.78 is 0.862. The molecule has 0 fully saturated rings. The molecule has 0 spiro atoms. The highest BCUT2D eigenvalue weighted by Crippen LogP contribution is 2.35. The summed E-state index contributed by atoms with van der Waals surface area (Å²) in [6.07, 6.45) is 0.275. The van der Waals surface area contributed by atoms with E-state index in [1.165, 1.54) is 0 Å². The third-order valence-electron chi connectivity index (χ3n) is 2.85. The second kappa shape index (κ2) is 5.07. The molecule has 1 aliphatic heterocycles. The molecule has 0 saturated heterocycles. The zero-order valence-electron chi connectivity index (χ0n) is 10.00. The highest BCUT2D eigenvalue weighted by Gasteiger charge is 2.25. The predicted octanol–water partition coefficient (Wildman–Crippen LogP) is 1.39. The molecule has 0 unspecified atom stereocenters. The topological polar surface area (TPSA) is 75.4 Å². The Morgan fingerprint density at radius 1 is 1.56 bits per heavy atom. The summed E-state index contributed by atoms with van der Waals surface area (Å²) in [6.45, 7) is 2.19. The quantitative estimate of drug-likeness (QED) is 0.823. The van der Waals surface area contributed by atoms with E-state index in [9.17, 15) is 9.59 Å². The van der Waals surface area contributed by atoms with Crippen molar-refractivity contribution in [3.8, 4) is 0 Å². The van der Waals surface area contributed by atoms with Crippen LogP contribution in [-0.4, -0.2) is 24.9 Å². The maximum atomic E-state index is 11.9. The summed E-state index contributed by atoms with van der Waals surface area (Å²) in [5, 5.41) is 2.81. The fraction of sp³-hybridized carbons (Fsp3) is 0.333. The third-order valence-corrected chi connectivity index (χ3v) is 3.31. The van der Waals surface area contributed by atoms with Gasteiger partial charge in [-0.05, 0) is 24.6 Å². The van der Waals surface area contributed by atoms with Gasteiger partial charge < -0.3 is 16.0 Å². The van der Waals surface area contributed by atoms with Crippen LogP contribution in [0.5, 0.6) is 0 Å². The average Bonchev–Trinajstić information content (AvgIpc) is 2.46. The Hall–Kier alpha value is -1.40. The molecular weight excluding hydrogens is 298 g/mol. The zero-order valence-corrected chi connectivity index (χ0v) is 11.6. The van der Waals surface area contributed by atoms with Crippen molar-refractivity contribution >= 4 is 39.1 Å². The van der Waals surface area contributed by atoms with Gasteiger partial charge in [0.05, 0.1) is 17.9 Å². The lowest BCUT2D eigenvalue weighted by molar-refractivity contribution is -0.117. The number of carbonyl (C=O) groups is 2. The number of hydrogen-bond acceptors (Lipinski definition) is 3. The van der Waals surface area contributed by atoms with E-state index in [1.54, 1.807) is 11.0 Å². The smallest absolute Gasteiger partial charge is 0.240 e. The lowest BCUT2D eigenvalue weighted by Gasteiger charge is -2.23. The van der Waals surface area contributed by atoms with Crippen molar-refractivity contribution in [3.63, 3.8) is 0 Å². The molecule has 0 aliphatic carbocycles. The van der Waals surface area contributed by atoms with Gasteiger partial charge in [-0.2, -0.15) is 0 Å². The predicted molar refractivity (Wildman–Crippen MR) is 73.5 cm³/mol. The van der Waals surface area contributed by atoms with Gasteiger partial charge in [-0.1, -0.05) is 15.9 Å². The van der Waals surface area contributed by atoms with E-state index in [2.05, 4.69) is 21.2 Å². The highest BCUT2D eigenvalue weighted by atomic mass is 79.9. The summed E-state index contributed by atoms with van der Waals surface area (Å²) in [7, 11) is 0. The van der Waals surface area contributed by atoms with E-state index in [4.69, 9.17) is 5.73 Å². The number of nitrogens with zero attached hydrogens (tertiary/aromatic N) is 1. The Bertz CT molecular complexity index is 516. The van der Waals surface area contributed by atoms with Crippen LogP contribution in [-0.2, 0) is 9.59 Å². The Morgan fingerprint density at radius 2 is 2.28 bits per heavy atom. The average molecular weight is 312 g/mol. The van der Waals surface area contributed by atoms with Crippen molar-refractivity contribution in [3.05, 3.63) is 22.2 Å². The van der Waals surface area contributed by atoms with Crippen LogP contribution >= 0.6 is 15.9 Å². The van der Waals surface area contributed by atoms with Gasteiger partial charge in [-0.25, -0.2) is 0 Å². The minimum absolute atomic E-state index is 0.0663. The molecule has 0 bridgehead atoms. The Labute approximate surface area is 113 Å². The van der Waals surface area contributed by atoms with Crippen molar-refractivity contribution in [2.75, 3.05) is 23.3 Å². The summed E-state index contributed by atoms with van der Waals surface area (Å²) in [6, 6.07) is 3.70. The molecule has 96 valence electrons. The summed E-state index contributed by atoms with van der Waals surface area (Å²) in [5.41, 5.74) is 7.72. The van der Waals surface area contributed by atoms with E-state index in [0.717, 1.165) is 15.7 Å². The maximum Gasteiger partial charge on any atom is 0.240 e. The zero-order chi connectivity index (χ0) is 13.3. The molecule has 0 atom stereocenters. The van der Waals surface area contributed by atoms with Gasteiger partial charge in [0.2, 0.25) is 11.8 Å². The van der Waals surface area contributed by atoms with E-state index < -0.39 is 0 Å². The number of benzene rings is 1. The molecule has 6 heteroatoms. The molecule has 0 aromatic heterocycles. The van der Waals surface area contributed by atoms with Crippen molar-refractivity contribution in [1.29, 1.82) is 0 Å². The Kier molecular flexibility index (Phi) is 3.68. The number of rotatable bonds is 1. The maximum absolute atomic E-state index is 11.9. The van der Waals surface area contributed by atoms with Crippen LogP contribution in [0.25, 0.3) is 0 Å². The fourth-order valence-electron chi connectivity index (χ4n) is 2.09. The second-order valence-corrected chi connectivity index (χ2v) is 5.08. The van der Waals surface area contributed by atoms with Gasteiger partial charge in [0.1, 0.15) is 0 Å². The summed E-state index contributed by atoms with van der Waals surface area (Å²) in [4.78, 5) is 25.1. The molecule has 18 heavy (non-hydrogen) atoms. The molecule has 0 saturated carbocycles. The first-order chi connectivity index (χ1) is 8.52. The van der Waals surface area contributed by atoms with Gasteiger partial charge in [0.25, 0.3) is 0 Å². The minimum Gasteiger partial charge on any atom is -0.324 e. The molecule has 1 heterocycles. The molecule has 1 aromatic rings. The number of amides is 2. The number of aryl methyl sites for hydroxylation is 1. The number of carbonyl (C=O) groups excluding carboxylic acids is 2. The standard InChI is InChI=1S/C12H14BrN3O2/c1-7-4-8(13)5-9-12(7)16(11(18)6-14)3-2-10(17)15-9/h4-5H,2-3,6,14H2,1H3,(H,15,17). The van der Waals surface area contributed by atoms with E-state index in [1.807, 2.05) is 13.0 Å². The first-order valence-electron chi connectivity index (χ1n) is 5.63. The molecule has 0 radical (unpaired) electrons. The van der Waals surface area contributed by atoms with Crippen molar-refractivity contribution in [2.24, 2.45) is 5.73 Å².